The normalized spacial score (nSPS) is 15.8. The predicted molar refractivity (Wildman–Crippen MR) is 102 cm³/mol. The SMILES string of the molecule is Oc1ccccc1-c1nc(NC2CCCCCC2)c2ccccc2n1. The monoisotopic (exact) mass is 333 g/mol. The number of benzene rings is 2. The molecule has 2 aromatic carbocycles. The summed E-state index contributed by atoms with van der Waals surface area (Å²) in [5.41, 5.74) is 1.56. The van der Waals surface area contributed by atoms with Crippen LogP contribution in [0, 0.1) is 0 Å². The van der Waals surface area contributed by atoms with Crippen molar-refractivity contribution in [1.29, 1.82) is 0 Å². The van der Waals surface area contributed by atoms with Crippen LogP contribution >= 0.6 is 0 Å². The zero-order valence-electron chi connectivity index (χ0n) is 14.3. The summed E-state index contributed by atoms with van der Waals surface area (Å²) in [6.07, 6.45) is 7.56. The van der Waals surface area contributed by atoms with E-state index in [-0.39, 0.29) is 5.75 Å². The largest absolute Gasteiger partial charge is 0.507 e. The minimum atomic E-state index is 0.207. The number of phenolic OH excluding ortho intramolecular Hbond substituents is 1. The van der Waals surface area contributed by atoms with Crippen LogP contribution in [0.5, 0.6) is 5.75 Å². The fourth-order valence-electron chi connectivity index (χ4n) is 3.59. The van der Waals surface area contributed by atoms with Crippen molar-refractivity contribution in [1.82, 2.24) is 9.97 Å². The maximum absolute atomic E-state index is 10.2. The molecule has 2 N–H and O–H groups in total. The van der Waals surface area contributed by atoms with Crippen LogP contribution in [0.1, 0.15) is 38.5 Å². The molecule has 0 spiro atoms. The van der Waals surface area contributed by atoms with E-state index in [1.165, 1.54) is 38.5 Å². The van der Waals surface area contributed by atoms with Crippen LogP contribution in [0.2, 0.25) is 0 Å². The number of aromatic hydroxyl groups is 1. The first-order valence-electron chi connectivity index (χ1n) is 9.13. The summed E-state index contributed by atoms with van der Waals surface area (Å²) >= 11 is 0. The van der Waals surface area contributed by atoms with Gasteiger partial charge in [0.2, 0.25) is 0 Å². The molecule has 1 aliphatic carbocycles. The third-order valence-electron chi connectivity index (χ3n) is 4.94. The Morgan fingerprint density at radius 1 is 0.840 bits per heavy atom. The molecule has 25 heavy (non-hydrogen) atoms. The van der Waals surface area contributed by atoms with Gasteiger partial charge in [0.05, 0.1) is 11.1 Å². The van der Waals surface area contributed by atoms with Crippen molar-refractivity contribution in [2.24, 2.45) is 0 Å². The fraction of sp³-hybridized carbons (Fsp3) is 0.333. The Kier molecular flexibility index (Phi) is 4.51. The molecular formula is C21H23N3O. The highest BCUT2D eigenvalue weighted by atomic mass is 16.3. The number of aromatic nitrogens is 2. The molecule has 0 radical (unpaired) electrons. The molecule has 0 saturated heterocycles. The third kappa shape index (κ3) is 3.43. The Bertz CT molecular complexity index is 870. The van der Waals surface area contributed by atoms with Crippen LogP contribution in [0.25, 0.3) is 22.3 Å². The summed E-state index contributed by atoms with van der Waals surface area (Å²) in [6.45, 7) is 0. The summed E-state index contributed by atoms with van der Waals surface area (Å²) < 4.78 is 0. The number of hydrogen-bond donors (Lipinski definition) is 2. The molecule has 0 atom stereocenters. The molecule has 1 heterocycles. The lowest BCUT2D eigenvalue weighted by molar-refractivity contribution is 0.477. The Balaban J connectivity index is 1.77. The highest BCUT2D eigenvalue weighted by Crippen LogP contribution is 2.31. The van der Waals surface area contributed by atoms with E-state index in [1.54, 1.807) is 6.07 Å². The van der Waals surface area contributed by atoms with Crippen molar-refractivity contribution in [2.75, 3.05) is 5.32 Å². The van der Waals surface area contributed by atoms with Crippen LogP contribution in [0.15, 0.2) is 48.5 Å². The molecule has 4 heteroatoms. The van der Waals surface area contributed by atoms with Crippen LogP contribution in [-0.4, -0.2) is 21.1 Å². The van der Waals surface area contributed by atoms with Gasteiger partial charge in [-0.15, -0.1) is 0 Å². The predicted octanol–water partition coefficient (Wildman–Crippen LogP) is 5.14. The standard InChI is InChI=1S/C21H23N3O/c25-19-14-8-6-12-17(19)21-23-18-13-7-5-11-16(18)20(24-21)22-15-9-3-1-2-4-10-15/h5-8,11-15,25H,1-4,9-10H2,(H,22,23,24). The molecular weight excluding hydrogens is 310 g/mol. The van der Waals surface area contributed by atoms with Gasteiger partial charge in [-0.05, 0) is 37.1 Å². The second kappa shape index (κ2) is 7.09. The molecule has 1 fully saturated rings. The van der Waals surface area contributed by atoms with E-state index in [2.05, 4.69) is 16.4 Å². The summed E-state index contributed by atoms with van der Waals surface area (Å²) in [5, 5.41) is 14.9. The smallest absolute Gasteiger partial charge is 0.165 e. The number of fused-ring (bicyclic) bond motifs is 1. The first-order chi connectivity index (χ1) is 12.3. The summed E-state index contributed by atoms with van der Waals surface area (Å²) in [6, 6.07) is 15.8. The van der Waals surface area contributed by atoms with Crippen LogP contribution in [-0.2, 0) is 0 Å². The molecule has 1 saturated carbocycles. The lowest BCUT2D eigenvalue weighted by Crippen LogP contribution is -2.19. The highest BCUT2D eigenvalue weighted by Gasteiger charge is 2.16. The van der Waals surface area contributed by atoms with Gasteiger partial charge in [0, 0.05) is 11.4 Å². The van der Waals surface area contributed by atoms with Crippen LogP contribution < -0.4 is 5.32 Å². The van der Waals surface area contributed by atoms with E-state index in [1.807, 2.05) is 36.4 Å². The third-order valence-corrected chi connectivity index (χ3v) is 4.94. The Morgan fingerprint density at radius 2 is 1.56 bits per heavy atom. The maximum Gasteiger partial charge on any atom is 0.165 e. The van der Waals surface area contributed by atoms with Gasteiger partial charge in [-0.2, -0.15) is 0 Å². The van der Waals surface area contributed by atoms with E-state index >= 15 is 0 Å². The number of nitrogens with zero attached hydrogens (tertiary/aromatic N) is 2. The van der Waals surface area contributed by atoms with Crippen molar-refractivity contribution in [2.45, 2.75) is 44.6 Å². The second-order valence-electron chi connectivity index (χ2n) is 6.76. The van der Waals surface area contributed by atoms with Crippen molar-refractivity contribution in [3.63, 3.8) is 0 Å². The zero-order valence-corrected chi connectivity index (χ0v) is 14.3. The first kappa shape index (κ1) is 15.9. The summed E-state index contributed by atoms with van der Waals surface area (Å²) in [4.78, 5) is 9.44. The van der Waals surface area contributed by atoms with Gasteiger partial charge in [-0.3, -0.25) is 0 Å². The molecule has 1 aliphatic rings. The van der Waals surface area contributed by atoms with E-state index < -0.39 is 0 Å². The van der Waals surface area contributed by atoms with Crippen molar-refractivity contribution in [3.8, 4) is 17.1 Å². The number of phenols is 1. The number of hydrogen-bond acceptors (Lipinski definition) is 4. The number of anilines is 1. The summed E-state index contributed by atoms with van der Waals surface area (Å²) in [5.74, 6) is 1.64. The number of nitrogens with one attached hydrogen (secondary N) is 1. The molecule has 4 rings (SSSR count). The van der Waals surface area contributed by atoms with E-state index in [0.717, 1.165) is 16.7 Å². The van der Waals surface area contributed by atoms with Gasteiger partial charge in [0.15, 0.2) is 5.82 Å². The lowest BCUT2D eigenvalue weighted by atomic mass is 10.1. The number of para-hydroxylation sites is 2. The number of rotatable bonds is 3. The topological polar surface area (TPSA) is 58.0 Å². The van der Waals surface area contributed by atoms with Crippen molar-refractivity contribution < 1.29 is 5.11 Å². The highest BCUT2D eigenvalue weighted by molar-refractivity contribution is 5.91. The van der Waals surface area contributed by atoms with E-state index in [4.69, 9.17) is 4.98 Å². The molecule has 0 unspecified atom stereocenters. The molecule has 4 nitrogen and oxygen atoms in total. The Morgan fingerprint density at radius 3 is 2.36 bits per heavy atom. The van der Waals surface area contributed by atoms with Gasteiger partial charge >= 0.3 is 0 Å². The van der Waals surface area contributed by atoms with Crippen molar-refractivity contribution >= 4 is 16.7 Å². The Labute approximate surface area is 148 Å². The average Bonchev–Trinajstić information content (AvgIpc) is 2.91. The lowest BCUT2D eigenvalue weighted by Gasteiger charge is -2.19. The summed E-state index contributed by atoms with van der Waals surface area (Å²) in [7, 11) is 0. The minimum absolute atomic E-state index is 0.207. The van der Waals surface area contributed by atoms with E-state index in [0.29, 0.717) is 17.4 Å². The van der Waals surface area contributed by atoms with Gasteiger partial charge < -0.3 is 10.4 Å². The second-order valence-corrected chi connectivity index (χ2v) is 6.76. The van der Waals surface area contributed by atoms with Crippen molar-refractivity contribution in [3.05, 3.63) is 48.5 Å². The fourth-order valence-corrected chi connectivity index (χ4v) is 3.59. The van der Waals surface area contributed by atoms with Gasteiger partial charge in [-0.25, -0.2) is 9.97 Å². The molecule has 128 valence electrons. The van der Waals surface area contributed by atoms with E-state index in [9.17, 15) is 5.11 Å². The van der Waals surface area contributed by atoms with Crippen LogP contribution in [0.3, 0.4) is 0 Å². The quantitative estimate of drug-likeness (QED) is 0.652. The average molecular weight is 333 g/mol. The van der Waals surface area contributed by atoms with Gasteiger partial charge in [0.1, 0.15) is 11.6 Å². The Hall–Kier alpha value is -2.62. The van der Waals surface area contributed by atoms with Crippen LogP contribution in [0.4, 0.5) is 5.82 Å². The molecule has 3 aromatic rings. The molecule has 1 aromatic heterocycles. The molecule has 0 aliphatic heterocycles. The van der Waals surface area contributed by atoms with Gasteiger partial charge in [-0.1, -0.05) is 49.9 Å². The zero-order chi connectivity index (χ0) is 17.1. The first-order valence-corrected chi connectivity index (χ1v) is 9.13. The van der Waals surface area contributed by atoms with Gasteiger partial charge in [0.25, 0.3) is 0 Å². The minimum Gasteiger partial charge on any atom is -0.507 e. The molecule has 0 bridgehead atoms. The maximum atomic E-state index is 10.2. The molecule has 0 amide bonds.